The number of nitrogens with zero attached hydrogens (tertiary/aromatic N) is 3. The van der Waals surface area contributed by atoms with Crippen molar-refractivity contribution in [1.29, 1.82) is 0 Å². The van der Waals surface area contributed by atoms with Crippen LogP contribution in [0.3, 0.4) is 0 Å². The van der Waals surface area contributed by atoms with Crippen molar-refractivity contribution in [2.75, 3.05) is 18.8 Å². The van der Waals surface area contributed by atoms with Gasteiger partial charge in [0, 0.05) is 30.7 Å². The number of nitrogens with two attached hydrogens (primary N) is 1. The van der Waals surface area contributed by atoms with Gasteiger partial charge in [0.25, 0.3) is 5.91 Å². The Hall–Kier alpha value is -2.93. The van der Waals surface area contributed by atoms with E-state index in [1.54, 1.807) is 17.0 Å². The molecule has 2 aromatic carbocycles. The van der Waals surface area contributed by atoms with Gasteiger partial charge in [0.05, 0.1) is 16.8 Å². The number of amides is 1. The van der Waals surface area contributed by atoms with E-state index in [4.69, 9.17) is 5.73 Å². The number of carbonyl (C=O) groups is 1. The Kier molecular flexibility index (Phi) is 4.47. The van der Waals surface area contributed by atoms with Crippen molar-refractivity contribution in [1.82, 2.24) is 20.0 Å². The number of anilines is 1. The van der Waals surface area contributed by atoms with Crippen LogP contribution in [0.25, 0.3) is 10.9 Å². The van der Waals surface area contributed by atoms with Gasteiger partial charge in [0.2, 0.25) is 0 Å². The molecule has 5 rings (SSSR count). The van der Waals surface area contributed by atoms with Crippen molar-refractivity contribution >= 4 is 22.5 Å². The van der Waals surface area contributed by atoms with Crippen LogP contribution in [0.1, 0.15) is 46.4 Å². The van der Waals surface area contributed by atoms with Crippen molar-refractivity contribution in [2.24, 2.45) is 0 Å². The fraction of sp³-hybridized carbons (Fsp3) is 0.364. The third-order valence-corrected chi connectivity index (χ3v) is 6.04. The van der Waals surface area contributed by atoms with Crippen LogP contribution in [0, 0.1) is 5.82 Å². The van der Waals surface area contributed by atoms with Gasteiger partial charge < -0.3 is 10.6 Å². The third-order valence-electron chi connectivity index (χ3n) is 6.04. The first kappa shape index (κ1) is 18.1. The Bertz CT molecular complexity index is 1090. The van der Waals surface area contributed by atoms with Crippen LogP contribution in [0.2, 0.25) is 0 Å². The van der Waals surface area contributed by atoms with Crippen molar-refractivity contribution in [3.63, 3.8) is 0 Å². The molecule has 2 aliphatic rings. The molecule has 0 bridgehead atoms. The van der Waals surface area contributed by atoms with E-state index in [-0.39, 0.29) is 11.7 Å². The summed E-state index contributed by atoms with van der Waals surface area (Å²) in [5.41, 5.74) is 10.7. The number of fused-ring (bicyclic) bond motifs is 2. The van der Waals surface area contributed by atoms with Gasteiger partial charge in [-0.05, 0) is 61.3 Å². The summed E-state index contributed by atoms with van der Waals surface area (Å²) in [7, 11) is 0. The average molecular weight is 393 g/mol. The summed E-state index contributed by atoms with van der Waals surface area (Å²) in [6.07, 6.45) is 3.73. The molecule has 0 spiro atoms. The number of aromatic nitrogens is 2. The van der Waals surface area contributed by atoms with Gasteiger partial charge in [0.1, 0.15) is 5.82 Å². The maximum absolute atomic E-state index is 13.5. The third kappa shape index (κ3) is 3.35. The summed E-state index contributed by atoms with van der Waals surface area (Å²) in [6, 6.07) is 8.31. The molecule has 1 saturated heterocycles. The molecule has 0 atom stereocenters. The molecule has 150 valence electrons. The summed E-state index contributed by atoms with van der Waals surface area (Å²) in [6.45, 7) is 3.84. The van der Waals surface area contributed by atoms with Gasteiger partial charge in [-0.3, -0.25) is 14.8 Å². The fourth-order valence-electron chi connectivity index (χ4n) is 4.45. The van der Waals surface area contributed by atoms with Crippen molar-refractivity contribution in [3.05, 3.63) is 58.5 Å². The van der Waals surface area contributed by atoms with Gasteiger partial charge in [-0.1, -0.05) is 12.5 Å². The zero-order valence-corrected chi connectivity index (χ0v) is 16.2. The lowest BCUT2D eigenvalue weighted by molar-refractivity contribution is 0.0752. The highest BCUT2D eigenvalue weighted by Gasteiger charge is 2.26. The molecule has 1 fully saturated rings. The highest BCUT2D eigenvalue weighted by molar-refractivity contribution is 6.03. The second-order valence-electron chi connectivity index (χ2n) is 8.07. The minimum Gasteiger partial charge on any atom is -0.398 e. The van der Waals surface area contributed by atoms with Crippen molar-refractivity contribution < 1.29 is 9.18 Å². The smallest absolute Gasteiger partial charge is 0.256 e. The topological polar surface area (TPSA) is 78.2 Å². The summed E-state index contributed by atoms with van der Waals surface area (Å²) in [4.78, 5) is 17.3. The molecule has 2 aliphatic heterocycles. The van der Waals surface area contributed by atoms with Crippen LogP contribution in [-0.4, -0.2) is 39.0 Å². The van der Waals surface area contributed by atoms with E-state index >= 15 is 0 Å². The van der Waals surface area contributed by atoms with Crippen LogP contribution < -0.4 is 5.73 Å². The standard InChI is InChI=1S/C22H24FN5O/c23-16-5-4-14-11-28(12-15(14)8-16)22(29)17-9-18-20(10-19(17)24)25-26-21(18)13-27-6-2-1-3-7-27/h4-5,8-10H,1-3,6-7,11-13,24H2,(H,25,26). The van der Waals surface area contributed by atoms with E-state index in [2.05, 4.69) is 15.1 Å². The number of rotatable bonds is 3. The number of nitrogen functional groups attached to an aromatic ring is 1. The summed E-state index contributed by atoms with van der Waals surface area (Å²) >= 11 is 0. The SMILES string of the molecule is Nc1cc2n[nH]c(CN3CCCCC3)c2cc1C(=O)N1Cc2ccc(F)cc2C1. The fourth-order valence-corrected chi connectivity index (χ4v) is 4.45. The molecule has 0 radical (unpaired) electrons. The number of halogens is 1. The highest BCUT2D eigenvalue weighted by Crippen LogP contribution is 2.29. The average Bonchev–Trinajstić information content (AvgIpc) is 3.31. The van der Waals surface area contributed by atoms with E-state index < -0.39 is 0 Å². The van der Waals surface area contributed by atoms with E-state index in [9.17, 15) is 9.18 Å². The normalized spacial score (nSPS) is 17.1. The van der Waals surface area contributed by atoms with Crippen LogP contribution in [-0.2, 0) is 19.6 Å². The minimum absolute atomic E-state index is 0.133. The van der Waals surface area contributed by atoms with Gasteiger partial charge in [-0.15, -0.1) is 0 Å². The first-order valence-electron chi connectivity index (χ1n) is 10.1. The number of nitrogens with one attached hydrogen (secondary N) is 1. The predicted molar refractivity (Wildman–Crippen MR) is 110 cm³/mol. The van der Waals surface area contributed by atoms with Crippen molar-refractivity contribution in [2.45, 2.75) is 38.9 Å². The molecule has 3 N–H and O–H groups in total. The van der Waals surface area contributed by atoms with E-state index in [1.165, 1.54) is 31.4 Å². The zero-order chi connectivity index (χ0) is 20.0. The lowest BCUT2D eigenvalue weighted by Gasteiger charge is -2.25. The lowest BCUT2D eigenvalue weighted by Crippen LogP contribution is -2.29. The Labute approximate surface area is 168 Å². The molecule has 3 heterocycles. The molecular formula is C22H24FN5O. The van der Waals surface area contributed by atoms with Crippen LogP contribution in [0.15, 0.2) is 30.3 Å². The molecule has 29 heavy (non-hydrogen) atoms. The van der Waals surface area contributed by atoms with E-state index in [1.807, 2.05) is 6.07 Å². The number of piperidine rings is 1. The summed E-state index contributed by atoms with van der Waals surface area (Å²) in [5, 5.41) is 8.46. The first-order chi connectivity index (χ1) is 14.1. The number of hydrogen-bond donors (Lipinski definition) is 2. The molecular weight excluding hydrogens is 369 g/mol. The maximum Gasteiger partial charge on any atom is 0.256 e. The van der Waals surface area contributed by atoms with Gasteiger partial charge in [0.15, 0.2) is 0 Å². The van der Waals surface area contributed by atoms with Crippen molar-refractivity contribution in [3.8, 4) is 0 Å². The van der Waals surface area contributed by atoms with Gasteiger partial charge in [-0.25, -0.2) is 4.39 Å². The monoisotopic (exact) mass is 393 g/mol. The first-order valence-corrected chi connectivity index (χ1v) is 10.1. The Morgan fingerprint density at radius 3 is 2.72 bits per heavy atom. The maximum atomic E-state index is 13.5. The van der Waals surface area contributed by atoms with Gasteiger partial charge >= 0.3 is 0 Å². The molecule has 0 aliphatic carbocycles. The van der Waals surface area contributed by atoms with Crippen LogP contribution in [0.4, 0.5) is 10.1 Å². The van der Waals surface area contributed by atoms with E-state index in [0.29, 0.717) is 24.3 Å². The van der Waals surface area contributed by atoms with Gasteiger partial charge in [-0.2, -0.15) is 5.10 Å². The number of H-pyrrole nitrogens is 1. The molecule has 0 saturated carbocycles. The number of hydrogen-bond acceptors (Lipinski definition) is 4. The predicted octanol–water partition coefficient (Wildman–Crippen LogP) is 3.43. The van der Waals surface area contributed by atoms with Crippen LogP contribution >= 0.6 is 0 Å². The quantitative estimate of drug-likeness (QED) is 0.669. The lowest BCUT2D eigenvalue weighted by atomic mass is 10.1. The zero-order valence-electron chi connectivity index (χ0n) is 16.2. The molecule has 3 aromatic rings. The molecule has 1 aromatic heterocycles. The summed E-state index contributed by atoms with van der Waals surface area (Å²) in [5.74, 6) is -0.411. The number of aromatic amines is 1. The van der Waals surface area contributed by atoms with E-state index in [0.717, 1.165) is 47.4 Å². The highest BCUT2D eigenvalue weighted by atomic mass is 19.1. The number of benzene rings is 2. The Morgan fingerprint density at radius 1 is 1.10 bits per heavy atom. The number of carbonyl (C=O) groups excluding carboxylic acids is 1. The Balaban J connectivity index is 1.43. The Morgan fingerprint density at radius 2 is 1.90 bits per heavy atom. The number of likely N-dealkylation sites (tertiary alicyclic amines) is 1. The summed E-state index contributed by atoms with van der Waals surface area (Å²) < 4.78 is 13.5. The molecule has 1 amide bonds. The largest absolute Gasteiger partial charge is 0.398 e. The van der Waals surface area contributed by atoms with Crippen LogP contribution in [0.5, 0.6) is 0 Å². The molecule has 6 nitrogen and oxygen atoms in total. The minimum atomic E-state index is -0.278. The second-order valence-corrected chi connectivity index (χ2v) is 8.07. The molecule has 7 heteroatoms. The second kappa shape index (κ2) is 7.15. The molecule has 0 unspecified atom stereocenters.